The second-order valence-electron chi connectivity index (χ2n) is 4.44. The number of sulfone groups is 1. The number of carbonyl (C=O) groups is 1. The van der Waals surface area contributed by atoms with Crippen LogP contribution in [0.5, 0.6) is 0 Å². The van der Waals surface area contributed by atoms with E-state index >= 15 is 0 Å². The van der Waals surface area contributed by atoms with E-state index in [0.717, 1.165) is 12.3 Å². The normalized spacial score (nSPS) is 12.7. The number of rotatable bonds is 6. The minimum absolute atomic E-state index is 0.0413. The van der Waals surface area contributed by atoms with Gasteiger partial charge in [-0.2, -0.15) is 0 Å². The quantitative estimate of drug-likeness (QED) is 0.587. The summed E-state index contributed by atoms with van der Waals surface area (Å²) in [6.07, 6.45) is 1.00. The number of carbonyl (C=O) groups excluding carboxylic acids is 1. The first-order chi connectivity index (χ1) is 9.60. The van der Waals surface area contributed by atoms with Crippen molar-refractivity contribution in [2.75, 3.05) is 17.3 Å². The minimum atomic E-state index is -3.22. The molecule has 1 unspecified atom stereocenters. The Labute approximate surface area is 126 Å². The van der Waals surface area contributed by atoms with E-state index in [1.165, 1.54) is 12.1 Å². The van der Waals surface area contributed by atoms with Gasteiger partial charge in [0.05, 0.1) is 16.7 Å². The molecule has 0 aliphatic carbocycles. The number of nitrogens with two attached hydrogens (primary N) is 1. The van der Waals surface area contributed by atoms with Crippen molar-refractivity contribution in [2.45, 2.75) is 12.5 Å². The molecular weight excluding hydrogens is 322 g/mol. The van der Waals surface area contributed by atoms with Crippen LogP contribution in [0.3, 0.4) is 0 Å². The molecule has 116 valence electrons. The Morgan fingerprint density at radius 1 is 1.52 bits per heavy atom. The summed E-state index contributed by atoms with van der Waals surface area (Å²) in [4.78, 5) is 21.8. The van der Waals surface area contributed by atoms with E-state index < -0.39 is 26.7 Å². The number of nitro groups is 1. The average Bonchev–Trinajstić information content (AvgIpc) is 2.36. The molecule has 0 spiro atoms. The first-order valence-corrected chi connectivity index (χ1v) is 8.22. The molecule has 1 amide bonds. The van der Waals surface area contributed by atoms with E-state index in [-0.39, 0.29) is 28.6 Å². The fraction of sp³-hybridized carbons (Fsp3) is 0.364. The third kappa shape index (κ3) is 5.66. The molecule has 8 nitrogen and oxygen atoms in total. The fourth-order valence-electron chi connectivity index (χ4n) is 1.44. The lowest BCUT2D eigenvalue weighted by atomic mass is 10.2. The first-order valence-electron chi connectivity index (χ1n) is 5.78. The summed E-state index contributed by atoms with van der Waals surface area (Å²) >= 11 is 5.64. The van der Waals surface area contributed by atoms with Crippen LogP contribution in [0.1, 0.15) is 6.42 Å². The van der Waals surface area contributed by atoms with Crippen LogP contribution < -0.4 is 11.1 Å². The van der Waals surface area contributed by atoms with Gasteiger partial charge >= 0.3 is 0 Å². The van der Waals surface area contributed by atoms with Gasteiger partial charge in [-0.3, -0.25) is 14.9 Å². The van der Waals surface area contributed by atoms with Crippen molar-refractivity contribution in [3.63, 3.8) is 0 Å². The van der Waals surface area contributed by atoms with Crippen molar-refractivity contribution in [3.8, 4) is 0 Å². The molecule has 3 N–H and O–H groups in total. The molecule has 0 aromatic heterocycles. The van der Waals surface area contributed by atoms with Gasteiger partial charge in [0.2, 0.25) is 5.91 Å². The zero-order valence-corrected chi connectivity index (χ0v) is 12.6. The second kappa shape index (κ2) is 6.83. The van der Waals surface area contributed by atoms with Gasteiger partial charge in [0.1, 0.15) is 14.9 Å². The summed E-state index contributed by atoms with van der Waals surface area (Å²) in [6.45, 7) is 0. The first kappa shape index (κ1) is 17.3. The zero-order valence-electron chi connectivity index (χ0n) is 11.1. The maximum Gasteiger partial charge on any atom is 0.289 e. The number of nitrogens with zero attached hydrogens (tertiary/aromatic N) is 1. The smallest absolute Gasteiger partial charge is 0.289 e. The highest BCUT2D eigenvalue weighted by atomic mass is 35.5. The van der Waals surface area contributed by atoms with E-state index in [4.69, 9.17) is 17.3 Å². The zero-order chi connectivity index (χ0) is 16.2. The third-order valence-corrected chi connectivity index (χ3v) is 3.84. The minimum Gasteiger partial charge on any atom is -0.324 e. The highest BCUT2D eigenvalue weighted by Crippen LogP contribution is 2.27. The molecular formula is C11H14ClN3O5S. The summed E-state index contributed by atoms with van der Waals surface area (Å²) in [6, 6.07) is 2.73. The third-order valence-electron chi connectivity index (χ3n) is 2.55. The van der Waals surface area contributed by atoms with E-state index in [9.17, 15) is 23.3 Å². The van der Waals surface area contributed by atoms with Gasteiger partial charge in [-0.1, -0.05) is 11.6 Å². The maximum absolute atomic E-state index is 11.8. The predicted octanol–water partition coefficient (Wildman–Crippen LogP) is 0.949. The van der Waals surface area contributed by atoms with Gasteiger partial charge < -0.3 is 11.1 Å². The highest BCUT2D eigenvalue weighted by Gasteiger charge is 2.18. The largest absolute Gasteiger partial charge is 0.324 e. The number of benzene rings is 1. The molecule has 1 aromatic rings. The molecule has 0 saturated carbocycles. The Morgan fingerprint density at radius 2 is 2.14 bits per heavy atom. The number of nitro benzene ring substituents is 1. The SMILES string of the molecule is CS(=O)(=O)CCC(N)C(=O)Nc1ccc(Cl)c([N+](=O)[O-])c1. The molecule has 0 fully saturated rings. The van der Waals surface area contributed by atoms with Crippen molar-refractivity contribution in [3.05, 3.63) is 33.3 Å². The molecule has 0 radical (unpaired) electrons. The number of halogens is 1. The number of hydrogen-bond donors (Lipinski definition) is 2. The molecule has 0 heterocycles. The lowest BCUT2D eigenvalue weighted by Crippen LogP contribution is -2.37. The second-order valence-corrected chi connectivity index (χ2v) is 7.10. The predicted molar refractivity (Wildman–Crippen MR) is 79.0 cm³/mol. The fourth-order valence-corrected chi connectivity index (χ4v) is 2.31. The van der Waals surface area contributed by atoms with Crippen molar-refractivity contribution < 1.29 is 18.1 Å². The summed E-state index contributed by atoms with van der Waals surface area (Å²) in [5.41, 5.74) is 5.37. The number of hydrogen-bond acceptors (Lipinski definition) is 6. The molecule has 0 bridgehead atoms. The van der Waals surface area contributed by atoms with Gasteiger partial charge in [0, 0.05) is 18.0 Å². The highest BCUT2D eigenvalue weighted by molar-refractivity contribution is 7.90. The van der Waals surface area contributed by atoms with Gasteiger partial charge in [0.25, 0.3) is 5.69 Å². The molecule has 1 atom stereocenters. The Morgan fingerprint density at radius 3 is 2.67 bits per heavy atom. The van der Waals surface area contributed by atoms with E-state index in [1.54, 1.807) is 0 Å². The van der Waals surface area contributed by atoms with Gasteiger partial charge in [-0.25, -0.2) is 8.42 Å². The van der Waals surface area contributed by atoms with Crippen LogP contribution in [0, 0.1) is 10.1 Å². The Hall–Kier alpha value is -1.71. The number of anilines is 1. The molecule has 21 heavy (non-hydrogen) atoms. The van der Waals surface area contributed by atoms with Crippen molar-refractivity contribution in [1.29, 1.82) is 0 Å². The van der Waals surface area contributed by atoms with Crippen LogP contribution in [-0.4, -0.2) is 37.3 Å². The van der Waals surface area contributed by atoms with E-state index in [0.29, 0.717) is 0 Å². The topological polar surface area (TPSA) is 132 Å². The number of nitrogens with one attached hydrogen (secondary N) is 1. The molecule has 0 aliphatic rings. The van der Waals surface area contributed by atoms with Crippen molar-refractivity contribution in [2.24, 2.45) is 5.73 Å². The van der Waals surface area contributed by atoms with Crippen molar-refractivity contribution >= 4 is 38.7 Å². The summed E-state index contributed by atoms with van der Waals surface area (Å²) in [7, 11) is -3.22. The summed E-state index contributed by atoms with van der Waals surface area (Å²) in [5.74, 6) is -0.849. The molecule has 1 rings (SSSR count). The molecule has 10 heteroatoms. The van der Waals surface area contributed by atoms with Gasteiger partial charge in [-0.05, 0) is 18.6 Å². The molecule has 0 aliphatic heterocycles. The summed E-state index contributed by atoms with van der Waals surface area (Å²) in [5, 5.41) is 13.0. The van der Waals surface area contributed by atoms with Crippen LogP contribution in [0.15, 0.2) is 18.2 Å². The van der Waals surface area contributed by atoms with Crippen molar-refractivity contribution in [1.82, 2.24) is 0 Å². The van der Waals surface area contributed by atoms with Crippen LogP contribution >= 0.6 is 11.6 Å². The lowest BCUT2D eigenvalue weighted by Gasteiger charge is -2.11. The average molecular weight is 336 g/mol. The molecule has 1 aromatic carbocycles. The lowest BCUT2D eigenvalue weighted by molar-refractivity contribution is -0.384. The van der Waals surface area contributed by atoms with Crippen LogP contribution in [0.2, 0.25) is 5.02 Å². The Kier molecular flexibility index (Phi) is 5.64. The Bertz CT molecular complexity index is 662. The standard InChI is InChI=1S/C11H14ClN3O5S/c1-21(19,20)5-4-9(13)11(16)14-7-2-3-8(12)10(6-7)15(17)18/h2-3,6,9H,4-5,13H2,1H3,(H,14,16). The van der Waals surface area contributed by atoms with Crippen LogP contribution in [0.25, 0.3) is 0 Å². The van der Waals surface area contributed by atoms with Crippen LogP contribution in [0.4, 0.5) is 11.4 Å². The van der Waals surface area contributed by atoms with E-state index in [1.807, 2.05) is 0 Å². The summed E-state index contributed by atoms with van der Waals surface area (Å²) < 4.78 is 22.0. The van der Waals surface area contributed by atoms with Gasteiger partial charge in [-0.15, -0.1) is 0 Å². The van der Waals surface area contributed by atoms with E-state index in [2.05, 4.69) is 5.32 Å². The molecule has 0 saturated heterocycles. The monoisotopic (exact) mass is 335 g/mol. The maximum atomic E-state index is 11.8. The number of amides is 1. The van der Waals surface area contributed by atoms with Gasteiger partial charge in [0.15, 0.2) is 0 Å². The van der Waals surface area contributed by atoms with Crippen LogP contribution in [-0.2, 0) is 14.6 Å². The Balaban J connectivity index is 2.75.